The molecule has 128 valence electrons. The Labute approximate surface area is 149 Å². The summed E-state index contributed by atoms with van der Waals surface area (Å²) >= 11 is 1.66. The molecule has 6 nitrogen and oxygen atoms in total. The molecule has 0 spiro atoms. The van der Waals surface area contributed by atoms with Gasteiger partial charge in [-0.3, -0.25) is 9.88 Å². The fraction of sp³-hybridized carbons (Fsp3) is 0.333. The minimum Gasteiger partial charge on any atom is -0.295 e. The molecule has 25 heavy (non-hydrogen) atoms. The summed E-state index contributed by atoms with van der Waals surface area (Å²) in [6.07, 6.45) is 3.58. The lowest BCUT2D eigenvalue weighted by molar-refractivity contribution is -0.736. The molecule has 7 heteroatoms. The van der Waals surface area contributed by atoms with E-state index in [1.165, 1.54) is 17.4 Å². The summed E-state index contributed by atoms with van der Waals surface area (Å²) < 4.78 is 1.22. The van der Waals surface area contributed by atoms with Gasteiger partial charge < -0.3 is 0 Å². The van der Waals surface area contributed by atoms with Crippen LogP contribution >= 0.6 is 11.3 Å². The molecule has 0 unspecified atom stereocenters. The highest BCUT2D eigenvalue weighted by molar-refractivity contribution is 7.16. The number of nitrogens with zero attached hydrogens (tertiary/aromatic N) is 4. The van der Waals surface area contributed by atoms with Gasteiger partial charge >= 0.3 is 5.69 Å². The number of aromatic nitrogens is 2. The van der Waals surface area contributed by atoms with E-state index >= 15 is 0 Å². The number of benzene rings is 1. The molecule has 2 aromatic heterocycles. The summed E-state index contributed by atoms with van der Waals surface area (Å²) in [5, 5.41) is 0. The number of pyridine rings is 1. The fourth-order valence-electron chi connectivity index (χ4n) is 3.28. The number of rotatable bonds is 4. The third kappa shape index (κ3) is 3.38. The molecule has 1 aliphatic rings. The van der Waals surface area contributed by atoms with Crippen LogP contribution in [0.4, 0.5) is 5.69 Å². The summed E-state index contributed by atoms with van der Waals surface area (Å²) in [5.74, 6) is 0. The quantitative estimate of drug-likeness (QED) is 0.669. The molecule has 1 aromatic carbocycles. The number of hydrogen-bond acceptors (Lipinski definition) is 6. The molecule has 0 radical (unpaired) electrons. The summed E-state index contributed by atoms with van der Waals surface area (Å²) in [5.41, 5.74) is 6.81. The molecule has 0 atom stereocenters. The standard InChI is InChI=1S/C18H19N4O2S/c1-24-22(23)15-8-14-11-21(6-2-3-16(14)19-9-15)10-13-4-5-18-17(7-13)20-12-25-18/h4-5,7-9,12H,2-3,6,10-11H2,1H3/q+1. The molecule has 0 bridgehead atoms. The Hall–Kier alpha value is -2.38. The normalized spacial score (nSPS) is 14.9. The van der Waals surface area contributed by atoms with E-state index in [1.807, 2.05) is 11.6 Å². The van der Waals surface area contributed by atoms with Crippen LogP contribution in [0, 0.1) is 4.91 Å². The van der Waals surface area contributed by atoms with Gasteiger partial charge in [-0.2, -0.15) is 0 Å². The van der Waals surface area contributed by atoms with Crippen LogP contribution in [0.25, 0.3) is 10.2 Å². The van der Waals surface area contributed by atoms with Crippen molar-refractivity contribution in [1.29, 1.82) is 0 Å². The summed E-state index contributed by atoms with van der Waals surface area (Å²) in [6, 6.07) is 8.37. The van der Waals surface area contributed by atoms with Gasteiger partial charge in [0, 0.05) is 24.8 Å². The Morgan fingerprint density at radius 2 is 2.24 bits per heavy atom. The molecule has 0 amide bonds. The minimum atomic E-state index is 0.437. The summed E-state index contributed by atoms with van der Waals surface area (Å²) in [7, 11) is 1.36. The van der Waals surface area contributed by atoms with Crippen LogP contribution in [0.5, 0.6) is 0 Å². The average Bonchev–Trinajstić information content (AvgIpc) is 3.00. The van der Waals surface area contributed by atoms with Crippen LogP contribution in [0.2, 0.25) is 0 Å². The van der Waals surface area contributed by atoms with E-state index < -0.39 is 0 Å². The van der Waals surface area contributed by atoms with Crippen molar-refractivity contribution in [2.24, 2.45) is 0 Å². The summed E-state index contributed by atoms with van der Waals surface area (Å²) in [6.45, 7) is 2.65. The van der Waals surface area contributed by atoms with E-state index in [0.29, 0.717) is 10.6 Å². The largest absolute Gasteiger partial charge is 0.335 e. The first-order valence-electron chi connectivity index (χ1n) is 8.26. The van der Waals surface area contributed by atoms with Crippen molar-refractivity contribution >= 4 is 27.2 Å². The molecule has 0 fully saturated rings. The second kappa shape index (κ2) is 6.85. The van der Waals surface area contributed by atoms with Crippen LogP contribution < -0.4 is 0 Å². The van der Waals surface area contributed by atoms with E-state index in [0.717, 1.165) is 49.2 Å². The lowest BCUT2D eigenvalue weighted by Crippen LogP contribution is -2.22. The van der Waals surface area contributed by atoms with Gasteiger partial charge in [-0.1, -0.05) is 6.07 Å². The molecule has 0 aliphatic carbocycles. The maximum absolute atomic E-state index is 11.7. The molecule has 4 rings (SSSR count). The number of fused-ring (bicyclic) bond motifs is 2. The van der Waals surface area contributed by atoms with Gasteiger partial charge in [-0.25, -0.2) is 9.82 Å². The van der Waals surface area contributed by atoms with Crippen LogP contribution in [-0.2, 0) is 24.3 Å². The van der Waals surface area contributed by atoms with Gasteiger partial charge in [0.15, 0.2) is 7.11 Å². The molecule has 3 aromatic rings. The Bertz CT molecular complexity index is 924. The monoisotopic (exact) mass is 355 g/mol. The van der Waals surface area contributed by atoms with E-state index in [-0.39, 0.29) is 0 Å². The lowest BCUT2D eigenvalue weighted by Gasteiger charge is -2.20. The maximum atomic E-state index is 11.7. The topological polar surface area (TPSA) is 58.3 Å². The van der Waals surface area contributed by atoms with Gasteiger partial charge in [0.2, 0.25) is 0 Å². The van der Waals surface area contributed by atoms with Crippen molar-refractivity contribution in [3.05, 3.63) is 57.7 Å². The maximum Gasteiger partial charge on any atom is 0.335 e. The van der Waals surface area contributed by atoms with Gasteiger partial charge in [-0.05, 0) is 42.6 Å². The van der Waals surface area contributed by atoms with E-state index in [4.69, 9.17) is 4.84 Å². The number of thiazole rings is 1. The van der Waals surface area contributed by atoms with Gasteiger partial charge in [-0.15, -0.1) is 11.3 Å². The first-order chi connectivity index (χ1) is 12.2. The second-order valence-corrected chi connectivity index (χ2v) is 7.09. The number of hydrogen-bond donors (Lipinski definition) is 0. The Morgan fingerprint density at radius 3 is 3.12 bits per heavy atom. The molecule has 3 heterocycles. The van der Waals surface area contributed by atoms with Gasteiger partial charge in [0.25, 0.3) is 4.92 Å². The van der Waals surface area contributed by atoms with Crippen LogP contribution in [-0.4, -0.2) is 33.4 Å². The predicted octanol–water partition coefficient (Wildman–Crippen LogP) is 3.61. The molecular formula is C18H19N4O2S+. The van der Waals surface area contributed by atoms with Crippen LogP contribution in [0.1, 0.15) is 23.2 Å². The molecule has 0 N–H and O–H groups in total. The van der Waals surface area contributed by atoms with Crippen LogP contribution in [0.15, 0.2) is 36.0 Å². The van der Waals surface area contributed by atoms with Crippen molar-refractivity contribution in [2.75, 3.05) is 13.7 Å². The fourth-order valence-corrected chi connectivity index (χ4v) is 3.94. The SMILES string of the molecule is CO[N+](=O)c1cnc2c(c1)CN(Cc1ccc3scnc3c1)CCC2. The predicted molar refractivity (Wildman–Crippen MR) is 96.6 cm³/mol. The molecule has 1 aliphatic heterocycles. The third-order valence-electron chi connectivity index (χ3n) is 4.50. The van der Waals surface area contributed by atoms with Gasteiger partial charge in [0.05, 0.1) is 20.6 Å². The van der Waals surface area contributed by atoms with Gasteiger partial charge in [0.1, 0.15) is 6.20 Å². The molecule has 0 saturated heterocycles. The zero-order valence-electron chi connectivity index (χ0n) is 14.0. The first-order valence-corrected chi connectivity index (χ1v) is 9.14. The summed E-state index contributed by atoms with van der Waals surface area (Å²) in [4.78, 5) is 28.2. The second-order valence-electron chi connectivity index (χ2n) is 6.21. The highest BCUT2D eigenvalue weighted by atomic mass is 32.1. The molecule has 0 saturated carbocycles. The van der Waals surface area contributed by atoms with E-state index in [1.54, 1.807) is 17.5 Å². The zero-order chi connectivity index (χ0) is 17.2. The Kier molecular flexibility index (Phi) is 4.42. The highest BCUT2D eigenvalue weighted by Crippen LogP contribution is 2.24. The highest BCUT2D eigenvalue weighted by Gasteiger charge is 2.21. The molecular weight excluding hydrogens is 336 g/mol. The van der Waals surface area contributed by atoms with Crippen LogP contribution in [0.3, 0.4) is 0 Å². The average molecular weight is 355 g/mol. The van der Waals surface area contributed by atoms with Crippen molar-refractivity contribution < 1.29 is 9.76 Å². The van der Waals surface area contributed by atoms with Crippen molar-refractivity contribution in [1.82, 2.24) is 14.9 Å². The Morgan fingerprint density at radius 1 is 1.32 bits per heavy atom. The smallest absolute Gasteiger partial charge is 0.295 e. The number of aryl methyl sites for hydroxylation is 1. The third-order valence-corrected chi connectivity index (χ3v) is 5.31. The van der Waals surface area contributed by atoms with E-state index in [2.05, 4.69) is 33.1 Å². The lowest BCUT2D eigenvalue weighted by atomic mass is 10.1. The van der Waals surface area contributed by atoms with E-state index in [9.17, 15) is 4.91 Å². The Balaban J connectivity index is 1.56. The van der Waals surface area contributed by atoms with Crippen molar-refractivity contribution in [2.45, 2.75) is 25.9 Å². The minimum absolute atomic E-state index is 0.437. The van der Waals surface area contributed by atoms with Crippen molar-refractivity contribution in [3.8, 4) is 0 Å². The first kappa shape index (κ1) is 16.1. The zero-order valence-corrected chi connectivity index (χ0v) is 14.8. The van der Waals surface area contributed by atoms with Crippen molar-refractivity contribution in [3.63, 3.8) is 0 Å².